The normalized spacial score (nSPS) is 15.0. The first kappa shape index (κ1) is 20.6. The SMILES string of the molecule is CCN(CC)c1nc(C)c2nc(-c3ccccc3O)n(CCN3CCNCC3)c2n1. The van der Waals surface area contributed by atoms with Gasteiger partial charge in [-0.15, -0.1) is 0 Å². The van der Waals surface area contributed by atoms with Gasteiger partial charge < -0.3 is 19.9 Å². The number of para-hydroxylation sites is 1. The van der Waals surface area contributed by atoms with Gasteiger partial charge in [-0.25, -0.2) is 9.97 Å². The molecule has 0 unspecified atom stereocenters. The van der Waals surface area contributed by atoms with E-state index in [0.717, 1.165) is 86.6 Å². The molecule has 1 aliphatic rings. The second-order valence-electron chi connectivity index (χ2n) is 7.65. The highest BCUT2D eigenvalue weighted by Gasteiger charge is 2.21. The molecule has 30 heavy (non-hydrogen) atoms. The lowest BCUT2D eigenvalue weighted by atomic mass is 10.2. The summed E-state index contributed by atoms with van der Waals surface area (Å²) in [6.45, 7) is 13.7. The summed E-state index contributed by atoms with van der Waals surface area (Å²) in [5.41, 5.74) is 3.21. The Kier molecular flexibility index (Phi) is 6.15. The second kappa shape index (κ2) is 8.97. The molecule has 0 saturated carbocycles. The average molecular weight is 410 g/mol. The van der Waals surface area contributed by atoms with Crippen molar-refractivity contribution in [3.63, 3.8) is 0 Å². The zero-order chi connectivity index (χ0) is 21.1. The number of nitrogens with zero attached hydrogens (tertiary/aromatic N) is 6. The van der Waals surface area contributed by atoms with Crippen molar-refractivity contribution < 1.29 is 5.11 Å². The number of aromatic hydroxyl groups is 1. The molecule has 160 valence electrons. The molecule has 1 saturated heterocycles. The lowest BCUT2D eigenvalue weighted by molar-refractivity contribution is 0.233. The van der Waals surface area contributed by atoms with Gasteiger partial charge in [0.2, 0.25) is 5.95 Å². The molecule has 1 aliphatic heterocycles. The van der Waals surface area contributed by atoms with E-state index in [9.17, 15) is 5.11 Å². The van der Waals surface area contributed by atoms with Crippen LogP contribution in [0.15, 0.2) is 24.3 Å². The molecule has 1 aromatic carbocycles. The quantitative estimate of drug-likeness (QED) is 0.619. The van der Waals surface area contributed by atoms with Gasteiger partial charge in [0.25, 0.3) is 0 Å². The molecule has 0 atom stereocenters. The number of phenolic OH excluding ortho intramolecular Hbond substituents is 1. The minimum absolute atomic E-state index is 0.228. The van der Waals surface area contributed by atoms with E-state index < -0.39 is 0 Å². The largest absolute Gasteiger partial charge is 0.507 e. The second-order valence-corrected chi connectivity index (χ2v) is 7.65. The van der Waals surface area contributed by atoms with Crippen LogP contribution >= 0.6 is 0 Å². The predicted octanol–water partition coefficient (Wildman–Crippen LogP) is 2.26. The van der Waals surface area contributed by atoms with Crippen LogP contribution in [0.3, 0.4) is 0 Å². The van der Waals surface area contributed by atoms with Gasteiger partial charge in [-0.05, 0) is 32.9 Å². The minimum Gasteiger partial charge on any atom is -0.507 e. The Morgan fingerprint density at radius 2 is 1.77 bits per heavy atom. The van der Waals surface area contributed by atoms with Crippen molar-refractivity contribution in [2.45, 2.75) is 27.3 Å². The topological polar surface area (TPSA) is 82.3 Å². The number of aryl methyl sites for hydroxylation is 1. The Labute approximate surface area is 177 Å². The van der Waals surface area contributed by atoms with Crippen LogP contribution < -0.4 is 10.2 Å². The fraction of sp³-hybridized carbons (Fsp3) is 0.500. The first-order valence-corrected chi connectivity index (χ1v) is 10.8. The Morgan fingerprint density at radius 1 is 1.03 bits per heavy atom. The number of aromatic nitrogens is 4. The van der Waals surface area contributed by atoms with Crippen LogP contribution in [0, 0.1) is 6.92 Å². The fourth-order valence-electron chi connectivity index (χ4n) is 4.03. The molecule has 8 nitrogen and oxygen atoms in total. The molecule has 0 spiro atoms. The molecule has 8 heteroatoms. The fourth-order valence-corrected chi connectivity index (χ4v) is 4.03. The Morgan fingerprint density at radius 3 is 2.47 bits per heavy atom. The van der Waals surface area contributed by atoms with Crippen LogP contribution in [0.1, 0.15) is 19.5 Å². The number of imidazole rings is 1. The number of fused-ring (bicyclic) bond motifs is 1. The van der Waals surface area contributed by atoms with Gasteiger partial charge in [0.1, 0.15) is 17.1 Å². The lowest BCUT2D eigenvalue weighted by Crippen LogP contribution is -2.44. The molecule has 3 aromatic rings. The molecule has 1 fully saturated rings. The Balaban J connectivity index is 1.82. The van der Waals surface area contributed by atoms with Gasteiger partial charge in [0.05, 0.1) is 11.3 Å². The van der Waals surface area contributed by atoms with E-state index in [1.807, 2.05) is 25.1 Å². The smallest absolute Gasteiger partial charge is 0.227 e. The lowest BCUT2D eigenvalue weighted by Gasteiger charge is -2.27. The zero-order valence-corrected chi connectivity index (χ0v) is 18.1. The summed E-state index contributed by atoms with van der Waals surface area (Å²) in [6, 6.07) is 7.37. The highest BCUT2D eigenvalue weighted by Crippen LogP contribution is 2.31. The Hall–Kier alpha value is -2.71. The third kappa shape index (κ3) is 3.97. The molecule has 0 amide bonds. The summed E-state index contributed by atoms with van der Waals surface area (Å²) in [5, 5.41) is 13.9. The van der Waals surface area contributed by atoms with Crippen LogP contribution in [0.25, 0.3) is 22.6 Å². The first-order chi connectivity index (χ1) is 14.6. The van der Waals surface area contributed by atoms with E-state index in [4.69, 9.17) is 15.0 Å². The molecule has 0 radical (unpaired) electrons. The number of hydrogen-bond donors (Lipinski definition) is 2. The number of rotatable bonds is 7. The van der Waals surface area contributed by atoms with Crippen LogP contribution in [-0.2, 0) is 6.54 Å². The maximum Gasteiger partial charge on any atom is 0.227 e. The number of phenols is 1. The highest BCUT2D eigenvalue weighted by molar-refractivity contribution is 5.81. The number of hydrogen-bond acceptors (Lipinski definition) is 7. The summed E-state index contributed by atoms with van der Waals surface area (Å²) in [6.07, 6.45) is 0. The number of benzene rings is 1. The van der Waals surface area contributed by atoms with Gasteiger partial charge in [0, 0.05) is 52.4 Å². The van der Waals surface area contributed by atoms with Crippen molar-refractivity contribution >= 4 is 17.1 Å². The van der Waals surface area contributed by atoms with Crippen LogP contribution in [0.5, 0.6) is 5.75 Å². The number of piperazine rings is 1. The third-order valence-corrected chi connectivity index (χ3v) is 5.80. The number of nitrogens with one attached hydrogen (secondary N) is 1. The van der Waals surface area contributed by atoms with Crippen LogP contribution in [-0.4, -0.2) is 75.3 Å². The van der Waals surface area contributed by atoms with Crippen molar-refractivity contribution in [3.8, 4) is 17.1 Å². The maximum atomic E-state index is 10.5. The molecule has 2 aromatic heterocycles. The molecular formula is C22H31N7O. The van der Waals surface area contributed by atoms with Gasteiger partial charge in [-0.3, -0.25) is 4.90 Å². The molecule has 3 heterocycles. The van der Waals surface area contributed by atoms with E-state index in [-0.39, 0.29) is 5.75 Å². The van der Waals surface area contributed by atoms with E-state index in [2.05, 4.69) is 33.5 Å². The summed E-state index contributed by atoms with van der Waals surface area (Å²) < 4.78 is 2.15. The predicted molar refractivity (Wildman–Crippen MR) is 120 cm³/mol. The molecular weight excluding hydrogens is 378 g/mol. The standard InChI is InChI=1S/C22H31N7O/c1-4-28(5-2)22-24-16(3)19-21(26-22)29(15-14-27-12-10-23-11-13-27)20(25-19)17-8-6-7-9-18(17)30/h6-9,23,30H,4-5,10-15H2,1-3H3. The van der Waals surface area contributed by atoms with Crippen molar-refractivity contribution in [2.24, 2.45) is 0 Å². The van der Waals surface area contributed by atoms with Gasteiger partial charge in [0.15, 0.2) is 5.65 Å². The molecule has 0 aliphatic carbocycles. The minimum atomic E-state index is 0.228. The van der Waals surface area contributed by atoms with Gasteiger partial charge >= 0.3 is 0 Å². The maximum absolute atomic E-state index is 10.5. The molecule has 2 N–H and O–H groups in total. The van der Waals surface area contributed by atoms with Crippen molar-refractivity contribution in [2.75, 3.05) is 50.7 Å². The molecule has 4 rings (SSSR count). The summed E-state index contributed by atoms with van der Waals surface area (Å²) >= 11 is 0. The van der Waals surface area contributed by atoms with E-state index >= 15 is 0 Å². The van der Waals surface area contributed by atoms with Gasteiger partial charge in [-0.2, -0.15) is 4.98 Å². The summed E-state index contributed by atoms with van der Waals surface area (Å²) in [7, 11) is 0. The highest BCUT2D eigenvalue weighted by atomic mass is 16.3. The van der Waals surface area contributed by atoms with Crippen LogP contribution in [0.4, 0.5) is 5.95 Å². The van der Waals surface area contributed by atoms with E-state index in [1.165, 1.54) is 0 Å². The van der Waals surface area contributed by atoms with E-state index in [0.29, 0.717) is 0 Å². The van der Waals surface area contributed by atoms with Crippen molar-refractivity contribution in [1.82, 2.24) is 29.7 Å². The van der Waals surface area contributed by atoms with Crippen molar-refractivity contribution in [1.29, 1.82) is 0 Å². The zero-order valence-electron chi connectivity index (χ0n) is 18.1. The first-order valence-electron chi connectivity index (χ1n) is 10.8. The third-order valence-electron chi connectivity index (χ3n) is 5.80. The monoisotopic (exact) mass is 409 g/mol. The van der Waals surface area contributed by atoms with Gasteiger partial charge in [-0.1, -0.05) is 12.1 Å². The van der Waals surface area contributed by atoms with Crippen LogP contribution in [0.2, 0.25) is 0 Å². The van der Waals surface area contributed by atoms with E-state index in [1.54, 1.807) is 6.07 Å². The summed E-state index contributed by atoms with van der Waals surface area (Å²) in [5.74, 6) is 1.70. The number of anilines is 1. The average Bonchev–Trinajstić information content (AvgIpc) is 3.13. The van der Waals surface area contributed by atoms with Crippen molar-refractivity contribution in [3.05, 3.63) is 30.0 Å². The molecule has 0 bridgehead atoms. The summed E-state index contributed by atoms with van der Waals surface area (Å²) in [4.78, 5) is 19.1. The Bertz CT molecular complexity index is 1010.